The summed E-state index contributed by atoms with van der Waals surface area (Å²) >= 11 is 0. The van der Waals surface area contributed by atoms with Gasteiger partial charge in [-0.25, -0.2) is 0 Å². The van der Waals surface area contributed by atoms with E-state index in [1.165, 1.54) is 0 Å². The van der Waals surface area contributed by atoms with E-state index in [0.717, 1.165) is 16.7 Å². The summed E-state index contributed by atoms with van der Waals surface area (Å²) in [4.78, 5) is 24.1. The van der Waals surface area contributed by atoms with Gasteiger partial charge >= 0.3 is 0 Å². The van der Waals surface area contributed by atoms with E-state index in [9.17, 15) is 9.59 Å². The van der Waals surface area contributed by atoms with E-state index in [-0.39, 0.29) is 31.1 Å². The molecule has 4 heteroatoms. The first kappa shape index (κ1) is 16.9. The molecule has 2 N–H and O–H groups in total. The van der Waals surface area contributed by atoms with Gasteiger partial charge in [0.25, 0.3) is 0 Å². The lowest BCUT2D eigenvalue weighted by molar-refractivity contribution is -0.116. The van der Waals surface area contributed by atoms with Crippen LogP contribution >= 0.6 is 0 Å². The lowest BCUT2D eigenvalue weighted by Gasteiger charge is -2.07. The summed E-state index contributed by atoms with van der Waals surface area (Å²) in [5.74, 6) is -0.246. The second-order valence-corrected chi connectivity index (χ2v) is 5.63. The zero-order chi connectivity index (χ0) is 16.8. The van der Waals surface area contributed by atoms with Gasteiger partial charge in [-0.1, -0.05) is 24.3 Å². The van der Waals surface area contributed by atoms with Crippen molar-refractivity contribution >= 4 is 17.4 Å². The van der Waals surface area contributed by atoms with E-state index in [1.807, 2.05) is 26.0 Å². The van der Waals surface area contributed by atoms with Crippen molar-refractivity contribution in [2.45, 2.75) is 33.3 Å². The number of hydrogen-bond donors (Lipinski definition) is 2. The molecular formula is C19H21NO3. The van der Waals surface area contributed by atoms with Crippen LogP contribution in [0, 0.1) is 13.8 Å². The highest BCUT2D eigenvalue weighted by Gasteiger charge is 2.10. The molecule has 0 atom stereocenters. The van der Waals surface area contributed by atoms with Crippen molar-refractivity contribution < 1.29 is 14.7 Å². The zero-order valence-electron chi connectivity index (χ0n) is 13.4. The Bertz CT molecular complexity index is 722. The molecule has 0 bridgehead atoms. The Balaban J connectivity index is 1.90. The lowest BCUT2D eigenvalue weighted by Crippen LogP contribution is -2.13. The Labute approximate surface area is 136 Å². The molecule has 0 heterocycles. The van der Waals surface area contributed by atoms with Crippen molar-refractivity contribution in [1.82, 2.24) is 0 Å². The summed E-state index contributed by atoms with van der Waals surface area (Å²) in [6.45, 7) is 3.89. The molecule has 0 fully saturated rings. The van der Waals surface area contributed by atoms with E-state index >= 15 is 0 Å². The molecule has 2 aromatic carbocycles. The van der Waals surface area contributed by atoms with E-state index in [4.69, 9.17) is 5.11 Å². The quantitative estimate of drug-likeness (QED) is 0.804. The van der Waals surface area contributed by atoms with Gasteiger partial charge in [0.15, 0.2) is 5.78 Å². The predicted molar refractivity (Wildman–Crippen MR) is 90.5 cm³/mol. The van der Waals surface area contributed by atoms with Crippen LogP contribution in [0.2, 0.25) is 0 Å². The van der Waals surface area contributed by atoms with Crippen molar-refractivity contribution in [2.75, 3.05) is 5.32 Å². The minimum atomic E-state index is -0.211. The number of anilines is 1. The fourth-order valence-electron chi connectivity index (χ4n) is 2.26. The molecule has 0 spiro atoms. The number of hydrogen-bond acceptors (Lipinski definition) is 3. The summed E-state index contributed by atoms with van der Waals surface area (Å²) in [5, 5.41) is 11.8. The van der Waals surface area contributed by atoms with Gasteiger partial charge in [0.1, 0.15) is 0 Å². The fourth-order valence-corrected chi connectivity index (χ4v) is 2.26. The molecule has 0 saturated heterocycles. The van der Waals surface area contributed by atoms with Gasteiger partial charge in [0.2, 0.25) is 5.91 Å². The smallest absolute Gasteiger partial charge is 0.224 e. The summed E-state index contributed by atoms with van der Waals surface area (Å²) in [6.07, 6.45) is 0.309. The van der Waals surface area contributed by atoms with E-state index < -0.39 is 0 Å². The summed E-state index contributed by atoms with van der Waals surface area (Å²) < 4.78 is 0. The number of amides is 1. The number of carbonyl (C=O) groups excluding carboxylic acids is 2. The number of rotatable bonds is 6. The SMILES string of the molecule is Cc1ccc(C(=O)CCC(=O)Nc2cccc(CO)c2)cc1C. The first-order valence-corrected chi connectivity index (χ1v) is 7.59. The van der Waals surface area contributed by atoms with Gasteiger partial charge in [-0.15, -0.1) is 0 Å². The molecule has 0 aromatic heterocycles. The largest absolute Gasteiger partial charge is 0.392 e. The average molecular weight is 311 g/mol. The first-order chi connectivity index (χ1) is 11.0. The predicted octanol–water partition coefficient (Wildman–Crippen LogP) is 3.40. The van der Waals surface area contributed by atoms with Crippen LogP contribution in [-0.4, -0.2) is 16.8 Å². The third-order valence-corrected chi connectivity index (χ3v) is 3.80. The van der Waals surface area contributed by atoms with Crippen LogP contribution in [-0.2, 0) is 11.4 Å². The molecule has 0 saturated carbocycles. The molecule has 0 radical (unpaired) electrons. The maximum atomic E-state index is 12.2. The van der Waals surface area contributed by atoms with Crippen LogP contribution in [0.1, 0.15) is 39.9 Å². The number of benzene rings is 2. The molecule has 0 unspecified atom stereocenters. The Hall–Kier alpha value is -2.46. The van der Waals surface area contributed by atoms with Crippen molar-refractivity contribution in [3.63, 3.8) is 0 Å². The van der Waals surface area contributed by atoms with Crippen LogP contribution in [0.25, 0.3) is 0 Å². The number of aryl methyl sites for hydroxylation is 2. The van der Waals surface area contributed by atoms with Crippen LogP contribution in [0.4, 0.5) is 5.69 Å². The van der Waals surface area contributed by atoms with Crippen molar-refractivity contribution in [1.29, 1.82) is 0 Å². The number of carbonyl (C=O) groups is 2. The van der Waals surface area contributed by atoms with E-state index in [0.29, 0.717) is 11.3 Å². The minimum Gasteiger partial charge on any atom is -0.392 e. The van der Waals surface area contributed by atoms with Gasteiger partial charge in [-0.2, -0.15) is 0 Å². The second-order valence-electron chi connectivity index (χ2n) is 5.63. The molecule has 120 valence electrons. The topological polar surface area (TPSA) is 66.4 Å². The van der Waals surface area contributed by atoms with Crippen LogP contribution in [0.5, 0.6) is 0 Å². The molecule has 23 heavy (non-hydrogen) atoms. The highest BCUT2D eigenvalue weighted by atomic mass is 16.3. The van der Waals surface area contributed by atoms with Crippen LogP contribution in [0.3, 0.4) is 0 Å². The molecule has 0 aliphatic heterocycles. The number of aliphatic hydroxyl groups is 1. The maximum Gasteiger partial charge on any atom is 0.224 e. The van der Waals surface area contributed by atoms with Crippen molar-refractivity contribution in [3.05, 3.63) is 64.7 Å². The molecule has 4 nitrogen and oxygen atoms in total. The third-order valence-electron chi connectivity index (χ3n) is 3.80. The minimum absolute atomic E-state index is 0.0349. The summed E-state index contributed by atoms with van der Waals surface area (Å²) in [5.41, 5.74) is 4.21. The fraction of sp³-hybridized carbons (Fsp3) is 0.263. The monoisotopic (exact) mass is 311 g/mol. The number of nitrogens with one attached hydrogen (secondary N) is 1. The van der Waals surface area contributed by atoms with Gasteiger partial charge in [-0.3, -0.25) is 9.59 Å². The first-order valence-electron chi connectivity index (χ1n) is 7.59. The number of ketones is 1. The molecular weight excluding hydrogens is 290 g/mol. The van der Waals surface area contributed by atoms with Gasteiger partial charge in [-0.05, 0) is 48.7 Å². The third kappa shape index (κ3) is 4.76. The standard InChI is InChI=1S/C19H21NO3/c1-13-6-7-16(10-14(13)2)18(22)8-9-19(23)20-17-5-3-4-15(11-17)12-21/h3-7,10-11,21H,8-9,12H2,1-2H3,(H,20,23). The maximum absolute atomic E-state index is 12.2. The van der Waals surface area contributed by atoms with Gasteiger partial charge in [0, 0.05) is 24.1 Å². The molecule has 0 aliphatic rings. The average Bonchev–Trinajstić information content (AvgIpc) is 2.55. The Morgan fingerprint density at radius 3 is 2.48 bits per heavy atom. The molecule has 2 rings (SSSR count). The van der Waals surface area contributed by atoms with Crippen molar-refractivity contribution in [2.24, 2.45) is 0 Å². The van der Waals surface area contributed by atoms with Crippen molar-refractivity contribution in [3.8, 4) is 0 Å². The summed E-state index contributed by atoms with van der Waals surface area (Å²) in [7, 11) is 0. The van der Waals surface area contributed by atoms with E-state index in [2.05, 4.69) is 5.32 Å². The summed E-state index contributed by atoms with van der Waals surface area (Å²) in [6, 6.07) is 12.6. The Morgan fingerprint density at radius 2 is 1.78 bits per heavy atom. The zero-order valence-corrected chi connectivity index (χ0v) is 13.4. The van der Waals surface area contributed by atoms with Crippen LogP contribution < -0.4 is 5.32 Å². The molecule has 0 aliphatic carbocycles. The Kier molecular flexibility index (Phi) is 5.66. The van der Waals surface area contributed by atoms with Gasteiger partial charge < -0.3 is 10.4 Å². The van der Waals surface area contributed by atoms with E-state index in [1.54, 1.807) is 30.3 Å². The second kappa shape index (κ2) is 7.70. The normalized spacial score (nSPS) is 10.4. The molecule has 2 aromatic rings. The molecule has 1 amide bonds. The highest BCUT2D eigenvalue weighted by molar-refractivity contribution is 6.00. The Morgan fingerprint density at radius 1 is 1.00 bits per heavy atom. The lowest BCUT2D eigenvalue weighted by atomic mass is 10.0. The number of aliphatic hydroxyl groups excluding tert-OH is 1. The van der Waals surface area contributed by atoms with Gasteiger partial charge in [0.05, 0.1) is 6.61 Å². The van der Waals surface area contributed by atoms with Crippen LogP contribution in [0.15, 0.2) is 42.5 Å². The highest BCUT2D eigenvalue weighted by Crippen LogP contribution is 2.14. The number of Topliss-reactive ketones (excluding diaryl/α,β-unsaturated/α-hetero) is 1.